The fourth-order valence-electron chi connectivity index (χ4n) is 2.78. The number of carbonyl (C=O) groups is 1. The second kappa shape index (κ2) is 10.7. The molecule has 0 radical (unpaired) electrons. The zero-order chi connectivity index (χ0) is 16.0. The van der Waals surface area contributed by atoms with Crippen LogP contribution in [0.15, 0.2) is 18.3 Å². The SMILES string of the molecule is CCC(N)(CC)CNC(=O)c1cccnc1N1CCCCC1.Cl.Cl. The summed E-state index contributed by atoms with van der Waals surface area (Å²) in [5.74, 6) is 0.723. The molecule has 2 rings (SSSR count). The van der Waals surface area contributed by atoms with E-state index in [1.54, 1.807) is 6.20 Å². The van der Waals surface area contributed by atoms with Crippen molar-refractivity contribution < 1.29 is 4.79 Å². The average molecular weight is 377 g/mol. The molecular formula is C17H30Cl2N4O. The quantitative estimate of drug-likeness (QED) is 0.799. The van der Waals surface area contributed by atoms with Gasteiger partial charge in [0.2, 0.25) is 0 Å². The number of piperidine rings is 1. The number of hydrogen-bond acceptors (Lipinski definition) is 4. The van der Waals surface area contributed by atoms with E-state index in [0.29, 0.717) is 12.1 Å². The van der Waals surface area contributed by atoms with E-state index in [9.17, 15) is 4.79 Å². The molecular weight excluding hydrogens is 347 g/mol. The predicted molar refractivity (Wildman–Crippen MR) is 105 cm³/mol. The second-order valence-corrected chi connectivity index (χ2v) is 6.17. The van der Waals surface area contributed by atoms with Crippen molar-refractivity contribution >= 4 is 36.5 Å². The van der Waals surface area contributed by atoms with E-state index in [-0.39, 0.29) is 36.3 Å². The summed E-state index contributed by atoms with van der Waals surface area (Å²) in [5.41, 5.74) is 6.58. The summed E-state index contributed by atoms with van der Waals surface area (Å²) < 4.78 is 0. The first-order valence-corrected chi connectivity index (χ1v) is 8.36. The van der Waals surface area contributed by atoms with Gasteiger partial charge in [-0.25, -0.2) is 4.98 Å². The largest absolute Gasteiger partial charge is 0.356 e. The minimum Gasteiger partial charge on any atom is -0.356 e. The Morgan fingerprint density at radius 2 is 1.88 bits per heavy atom. The number of nitrogens with one attached hydrogen (secondary N) is 1. The van der Waals surface area contributed by atoms with Gasteiger partial charge in [-0.2, -0.15) is 0 Å². The number of nitrogens with two attached hydrogens (primary N) is 1. The van der Waals surface area contributed by atoms with Gasteiger partial charge in [0.25, 0.3) is 5.91 Å². The summed E-state index contributed by atoms with van der Waals surface area (Å²) in [6.45, 7) is 6.55. The van der Waals surface area contributed by atoms with Gasteiger partial charge in [-0.3, -0.25) is 4.79 Å². The van der Waals surface area contributed by atoms with E-state index in [1.165, 1.54) is 6.42 Å². The predicted octanol–water partition coefficient (Wildman–Crippen LogP) is 3.16. The maximum atomic E-state index is 12.6. The molecule has 0 aliphatic carbocycles. The minimum absolute atomic E-state index is 0. The molecule has 24 heavy (non-hydrogen) atoms. The Hall–Kier alpha value is -1.04. The second-order valence-electron chi connectivity index (χ2n) is 6.17. The zero-order valence-electron chi connectivity index (χ0n) is 14.6. The highest BCUT2D eigenvalue weighted by atomic mass is 35.5. The van der Waals surface area contributed by atoms with Crippen LogP contribution in [0.2, 0.25) is 0 Å². The van der Waals surface area contributed by atoms with Gasteiger partial charge in [0.15, 0.2) is 0 Å². The van der Waals surface area contributed by atoms with Gasteiger partial charge in [0, 0.05) is 31.4 Å². The van der Waals surface area contributed by atoms with E-state index < -0.39 is 0 Å². The molecule has 0 unspecified atom stereocenters. The third-order valence-corrected chi connectivity index (χ3v) is 4.70. The lowest BCUT2D eigenvalue weighted by molar-refractivity contribution is 0.0942. The maximum Gasteiger partial charge on any atom is 0.255 e. The summed E-state index contributed by atoms with van der Waals surface area (Å²) in [6.07, 6.45) is 7.02. The molecule has 2 heterocycles. The average Bonchev–Trinajstić information content (AvgIpc) is 2.60. The van der Waals surface area contributed by atoms with Crippen LogP contribution in [0.3, 0.4) is 0 Å². The Bertz CT molecular complexity index is 503. The van der Waals surface area contributed by atoms with Crippen molar-refractivity contribution in [3.8, 4) is 0 Å². The van der Waals surface area contributed by atoms with Crippen LogP contribution in [0.1, 0.15) is 56.3 Å². The Balaban J connectivity index is 0.00000264. The van der Waals surface area contributed by atoms with E-state index >= 15 is 0 Å². The number of hydrogen-bond donors (Lipinski definition) is 2. The van der Waals surface area contributed by atoms with Crippen molar-refractivity contribution in [1.29, 1.82) is 0 Å². The molecule has 7 heteroatoms. The molecule has 0 spiro atoms. The molecule has 1 aliphatic heterocycles. The van der Waals surface area contributed by atoms with Crippen LogP contribution >= 0.6 is 24.8 Å². The Morgan fingerprint density at radius 3 is 2.46 bits per heavy atom. The molecule has 0 atom stereocenters. The third kappa shape index (κ3) is 5.80. The standard InChI is InChI=1S/C17H28N4O.2ClH/c1-3-17(18,4-2)13-20-16(22)14-9-8-10-19-15(14)21-11-6-5-7-12-21;;/h8-10H,3-7,11-13,18H2,1-2H3,(H,20,22);2*1H. The summed E-state index contributed by atoms with van der Waals surface area (Å²) in [5, 5.41) is 2.99. The zero-order valence-corrected chi connectivity index (χ0v) is 16.2. The van der Waals surface area contributed by atoms with Gasteiger partial charge in [0.1, 0.15) is 5.82 Å². The monoisotopic (exact) mass is 376 g/mol. The van der Waals surface area contributed by atoms with Crippen molar-refractivity contribution in [1.82, 2.24) is 10.3 Å². The topological polar surface area (TPSA) is 71.2 Å². The highest BCUT2D eigenvalue weighted by Crippen LogP contribution is 2.21. The molecule has 0 aromatic carbocycles. The Kier molecular flexibility index (Phi) is 10.3. The molecule has 1 fully saturated rings. The minimum atomic E-state index is -0.330. The lowest BCUT2D eigenvalue weighted by Gasteiger charge is -2.30. The molecule has 1 saturated heterocycles. The fraction of sp³-hybridized carbons (Fsp3) is 0.647. The van der Waals surface area contributed by atoms with Gasteiger partial charge in [-0.05, 0) is 44.2 Å². The van der Waals surface area contributed by atoms with E-state index in [2.05, 4.69) is 29.0 Å². The number of nitrogens with zero attached hydrogens (tertiary/aromatic N) is 2. The number of carbonyl (C=O) groups excluding carboxylic acids is 1. The molecule has 5 nitrogen and oxygen atoms in total. The summed E-state index contributed by atoms with van der Waals surface area (Å²) in [6, 6.07) is 3.67. The Morgan fingerprint density at radius 1 is 1.25 bits per heavy atom. The first-order chi connectivity index (χ1) is 10.6. The van der Waals surface area contributed by atoms with Crippen LogP contribution in [-0.2, 0) is 0 Å². The highest BCUT2D eigenvalue weighted by Gasteiger charge is 2.23. The van der Waals surface area contributed by atoms with Crippen LogP contribution < -0.4 is 16.0 Å². The molecule has 1 aliphatic rings. The molecule has 1 amide bonds. The smallest absolute Gasteiger partial charge is 0.255 e. The van der Waals surface area contributed by atoms with E-state index in [1.807, 2.05) is 12.1 Å². The summed E-state index contributed by atoms with van der Waals surface area (Å²) in [7, 11) is 0. The normalized spacial score (nSPS) is 14.4. The number of amides is 1. The Labute approximate surface area is 157 Å². The number of aromatic nitrogens is 1. The van der Waals surface area contributed by atoms with E-state index in [4.69, 9.17) is 5.73 Å². The van der Waals surface area contributed by atoms with Gasteiger partial charge >= 0.3 is 0 Å². The number of anilines is 1. The van der Waals surface area contributed by atoms with Crippen LogP contribution in [-0.4, -0.2) is 36.1 Å². The number of rotatable bonds is 6. The number of pyridine rings is 1. The first-order valence-electron chi connectivity index (χ1n) is 8.36. The van der Waals surface area contributed by atoms with Crippen LogP contribution in [0.5, 0.6) is 0 Å². The molecule has 0 saturated carbocycles. The van der Waals surface area contributed by atoms with Crippen molar-refractivity contribution in [2.45, 2.75) is 51.5 Å². The van der Waals surface area contributed by atoms with Gasteiger partial charge in [-0.15, -0.1) is 24.8 Å². The highest BCUT2D eigenvalue weighted by molar-refractivity contribution is 5.98. The van der Waals surface area contributed by atoms with Crippen molar-refractivity contribution in [2.75, 3.05) is 24.5 Å². The van der Waals surface area contributed by atoms with Crippen molar-refractivity contribution in [3.05, 3.63) is 23.9 Å². The number of halogens is 2. The lowest BCUT2D eigenvalue weighted by atomic mass is 9.94. The lowest BCUT2D eigenvalue weighted by Crippen LogP contribution is -2.49. The van der Waals surface area contributed by atoms with Crippen LogP contribution in [0.25, 0.3) is 0 Å². The van der Waals surface area contributed by atoms with Crippen molar-refractivity contribution in [3.63, 3.8) is 0 Å². The van der Waals surface area contributed by atoms with Gasteiger partial charge in [-0.1, -0.05) is 13.8 Å². The summed E-state index contributed by atoms with van der Waals surface area (Å²) in [4.78, 5) is 19.2. The summed E-state index contributed by atoms with van der Waals surface area (Å²) >= 11 is 0. The maximum absolute atomic E-state index is 12.6. The molecule has 0 bridgehead atoms. The molecule has 1 aromatic heterocycles. The van der Waals surface area contributed by atoms with Crippen molar-refractivity contribution in [2.24, 2.45) is 5.73 Å². The fourth-order valence-corrected chi connectivity index (χ4v) is 2.78. The molecule has 3 N–H and O–H groups in total. The molecule has 1 aromatic rings. The van der Waals surface area contributed by atoms with Gasteiger partial charge in [0.05, 0.1) is 5.56 Å². The van der Waals surface area contributed by atoms with E-state index in [0.717, 1.165) is 44.6 Å². The molecule has 138 valence electrons. The van der Waals surface area contributed by atoms with Crippen LogP contribution in [0, 0.1) is 0 Å². The third-order valence-electron chi connectivity index (χ3n) is 4.70. The van der Waals surface area contributed by atoms with Crippen LogP contribution in [0.4, 0.5) is 5.82 Å². The van der Waals surface area contributed by atoms with Gasteiger partial charge < -0.3 is 16.0 Å². The first kappa shape index (κ1) is 23.0.